The molecule has 0 N–H and O–H groups in total. The maximum absolute atomic E-state index is 10.4. The van der Waals surface area contributed by atoms with Crippen molar-refractivity contribution in [3.8, 4) is 0 Å². The van der Waals surface area contributed by atoms with Crippen LogP contribution in [0.2, 0.25) is 0 Å². The fraction of sp³-hybridized carbons (Fsp3) is 0.615. The van der Waals surface area contributed by atoms with E-state index in [0.29, 0.717) is 0 Å². The van der Waals surface area contributed by atoms with Gasteiger partial charge in [-0.2, -0.15) is 0 Å². The molecule has 2 aliphatic carbocycles. The van der Waals surface area contributed by atoms with Gasteiger partial charge in [-0.1, -0.05) is 24.3 Å². The highest BCUT2D eigenvalue weighted by molar-refractivity contribution is 5.74. The zero-order chi connectivity index (χ0) is 10.9. The van der Waals surface area contributed by atoms with Crippen molar-refractivity contribution in [2.75, 3.05) is 7.11 Å². The van der Waals surface area contributed by atoms with E-state index in [1.807, 2.05) is 0 Å². The zero-order valence-electron chi connectivity index (χ0n) is 9.45. The summed E-state index contributed by atoms with van der Waals surface area (Å²) < 4.78 is 4.44. The second-order valence-corrected chi connectivity index (χ2v) is 3.94. The highest BCUT2D eigenvalue weighted by Gasteiger charge is 2.30. The molecule has 2 aliphatic rings. The molecular weight excluding hydrogens is 188 g/mol. The summed E-state index contributed by atoms with van der Waals surface area (Å²) in [6.45, 7) is 0. The number of rotatable bonds is 1. The number of allylic oxidation sites excluding steroid dienone is 4. The Morgan fingerprint density at radius 3 is 2.00 bits per heavy atom. The molecule has 0 aromatic rings. The normalized spacial score (nSPS) is 19.5. The number of hydrogen-bond acceptors (Lipinski definition) is 2. The Morgan fingerprint density at radius 2 is 1.67 bits per heavy atom. The molecule has 0 spiro atoms. The number of methoxy groups -OCH3 is 1. The number of ether oxygens (including phenoxy) is 1. The molecule has 15 heavy (non-hydrogen) atoms. The van der Waals surface area contributed by atoms with Crippen molar-refractivity contribution in [1.29, 1.82) is 0 Å². The lowest BCUT2D eigenvalue weighted by Crippen LogP contribution is -2.00. The molecule has 0 unspecified atom stereocenters. The summed E-state index contributed by atoms with van der Waals surface area (Å²) in [5.74, 6) is 0.213. The van der Waals surface area contributed by atoms with Crippen molar-refractivity contribution < 1.29 is 9.53 Å². The number of hydrogen-bond donors (Lipinski definition) is 0. The van der Waals surface area contributed by atoms with Crippen LogP contribution >= 0.6 is 0 Å². The molecule has 1 fully saturated rings. The molecule has 0 aliphatic heterocycles. The Labute approximate surface area is 92.0 Å². The van der Waals surface area contributed by atoms with E-state index < -0.39 is 0 Å². The van der Waals surface area contributed by atoms with E-state index in [1.165, 1.54) is 32.8 Å². The smallest absolute Gasteiger partial charge is 0.308 e. The summed E-state index contributed by atoms with van der Waals surface area (Å²) in [5, 5.41) is 0. The summed E-state index contributed by atoms with van der Waals surface area (Å²) in [5.41, 5.74) is 0. The predicted molar refractivity (Wildman–Crippen MR) is 61.5 cm³/mol. The quantitative estimate of drug-likeness (QED) is 0.618. The Morgan fingerprint density at radius 1 is 1.13 bits per heavy atom. The average molecular weight is 208 g/mol. The van der Waals surface area contributed by atoms with Gasteiger partial charge in [0.15, 0.2) is 0 Å². The van der Waals surface area contributed by atoms with Crippen LogP contribution in [-0.2, 0) is 9.53 Å². The molecule has 2 heteroatoms. The summed E-state index contributed by atoms with van der Waals surface area (Å²) in [4.78, 5) is 10.4. The topological polar surface area (TPSA) is 26.3 Å². The number of carbonyl (C=O) groups is 1. The molecule has 0 aromatic carbocycles. The Hall–Kier alpha value is -1.05. The van der Waals surface area contributed by atoms with Crippen molar-refractivity contribution in [3.05, 3.63) is 24.3 Å². The first-order chi connectivity index (χ1) is 7.34. The predicted octanol–water partition coefficient (Wildman–Crippen LogP) is 3.24. The molecule has 2 rings (SSSR count). The first kappa shape index (κ1) is 12.0. The molecule has 0 bridgehead atoms. The highest BCUT2D eigenvalue weighted by atomic mass is 16.5. The van der Waals surface area contributed by atoms with E-state index in [2.05, 4.69) is 29.0 Å². The van der Waals surface area contributed by atoms with Crippen LogP contribution in [0.3, 0.4) is 0 Å². The molecule has 0 aromatic heterocycles. The zero-order valence-corrected chi connectivity index (χ0v) is 9.45. The van der Waals surface area contributed by atoms with Crippen molar-refractivity contribution in [2.24, 2.45) is 5.92 Å². The summed E-state index contributed by atoms with van der Waals surface area (Å²) in [7, 11) is 1.43. The van der Waals surface area contributed by atoms with Gasteiger partial charge in [0, 0.05) is 0 Å². The minimum atomic E-state index is -0.0417. The fourth-order valence-electron chi connectivity index (χ4n) is 1.36. The van der Waals surface area contributed by atoms with Crippen LogP contribution in [0.5, 0.6) is 0 Å². The molecular formula is C13H20O2. The van der Waals surface area contributed by atoms with E-state index in [1.54, 1.807) is 0 Å². The summed E-state index contributed by atoms with van der Waals surface area (Å²) in [6, 6.07) is 0. The van der Waals surface area contributed by atoms with E-state index in [9.17, 15) is 4.79 Å². The van der Waals surface area contributed by atoms with Crippen molar-refractivity contribution in [2.45, 2.75) is 38.5 Å². The van der Waals surface area contributed by atoms with Crippen LogP contribution in [-0.4, -0.2) is 13.1 Å². The van der Waals surface area contributed by atoms with Gasteiger partial charge in [0.2, 0.25) is 0 Å². The van der Waals surface area contributed by atoms with Crippen LogP contribution in [0.1, 0.15) is 38.5 Å². The van der Waals surface area contributed by atoms with Gasteiger partial charge in [-0.3, -0.25) is 4.79 Å². The fourth-order valence-corrected chi connectivity index (χ4v) is 1.36. The molecule has 0 saturated heterocycles. The van der Waals surface area contributed by atoms with Gasteiger partial charge in [-0.25, -0.2) is 0 Å². The minimum Gasteiger partial charge on any atom is -0.469 e. The standard InChI is InChI=1S/C8H12.C5H8O2/c1-2-4-6-8-7-5-3-1;1-7-5(6)4-2-3-4/h1-4H,5-8H2;4H,2-3H2,1H3. The molecule has 2 nitrogen and oxygen atoms in total. The van der Waals surface area contributed by atoms with Crippen LogP contribution in [0.15, 0.2) is 24.3 Å². The van der Waals surface area contributed by atoms with Gasteiger partial charge < -0.3 is 4.74 Å². The Kier molecular flexibility index (Phi) is 5.83. The van der Waals surface area contributed by atoms with Gasteiger partial charge >= 0.3 is 5.97 Å². The SMILES string of the molecule is C1=CCCCCC=C1.COC(=O)C1CC1. The van der Waals surface area contributed by atoms with Gasteiger partial charge in [0.1, 0.15) is 0 Å². The van der Waals surface area contributed by atoms with Gasteiger partial charge in [-0.05, 0) is 38.5 Å². The molecule has 1 saturated carbocycles. The third-order valence-electron chi connectivity index (χ3n) is 2.49. The van der Waals surface area contributed by atoms with Crippen molar-refractivity contribution >= 4 is 5.97 Å². The molecule has 0 amide bonds. The van der Waals surface area contributed by atoms with Gasteiger partial charge in [0.05, 0.1) is 13.0 Å². The van der Waals surface area contributed by atoms with Crippen LogP contribution in [0, 0.1) is 5.92 Å². The highest BCUT2D eigenvalue weighted by Crippen LogP contribution is 2.29. The molecule has 0 radical (unpaired) electrons. The first-order valence-electron chi connectivity index (χ1n) is 5.74. The maximum atomic E-state index is 10.4. The van der Waals surface area contributed by atoms with Crippen molar-refractivity contribution in [1.82, 2.24) is 0 Å². The number of esters is 1. The lowest BCUT2D eigenvalue weighted by molar-refractivity contribution is -0.142. The molecule has 0 atom stereocenters. The van der Waals surface area contributed by atoms with Gasteiger partial charge in [0.25, 0.3) is 0 Å². The summed E-state index contributed by atoms with van der Waals surface area (Å²) in [6.07, 6.45) is 16.1. The van der Waals surface area contributed by atoms with E-state index >= 15 is 0 Å². The van der Waals surface area contributed by atoms with Crippen molar-refractivity contribution in [3.63, 3.8) is 0 Å². The average Bonchev–Trinajstić information content (AvgIpc) is 2.99. The minimum absolute atomic E-state index is 0.0417. The third kappa shape index (κ3) is 6.10. The third-order valence-corrected chi connectivity index (χ3v) is 2.49. The second-order valence-electron chi connectivity index (χ2n) is 3.94. The Bertz CT molecular complexity index is 223. The van der Waals surface area contributed by atoms with Crippen LogP contribution in [0.4, 0.5) is 0 Å². The maximum Gasteiger partial charge on any atom is 0.308 e. The lowest BCUT2D eigenvalue weighted by atomic mass is 10.1. The largest absolute Gasteiger partial charge is 0.469 e. The summed E-state index contributed by atoms with van der Waals surface area (Å²) >= 11 is 0. The van der Waals surface area contributed by atoms with E-state index in [4.69, 9.17) is 0 Å². The molecule has 0 heterocycles. The van der Waals surface area contributed by atoms with Gasteiger partial charge in [-0.15, -0.1) is 0 Å². The monoisotopic (exact) mass is 208 g/mol. The number of carbonyl (C=O) groups excluding carboxylic acids is 1. The van der Waals surface area contributed by atoms with Crippen LogP contribution < -0.4 is 0 Å². The Balaban J connectivity index is 0.000000151. The lowest BCUT2D eigenvalue weighted by Gasteiger charge is -1.94. The molecule has 84 valence electrons. The first-order valence-corrected chi connectivity index (χ1v) is 5.74. The second kappa shape index (κ2) is 7.27. The van der Waals surface area contributed by atoms with Crippen LogP contribution in [0.25, 0.3) is 0 Å². The van der Waals surface area contributed by atoms with E-state index in [-0.39, 0.29) is 11.9 Å². The van der Waals surface area contributed by atoms with E-state index in [0.717, 1.165) is 12.8 Å².